The third-order valence-electron chi connectivity index (χ3n) is 4.43. The van der Waals surface area contributed by atoms with Gasteiger partial charge in [0.25, 0.3) is 0 Å². The van der Waals surface area contributed by atoms with E-state index in [0.29, 0.717) is 17.7 Å². The molecule has 0 fully saturated rings. The van der Waals surface area contributed by atoms with Gasteiger partial charge in [-0.2, -0.15) is 0 Å². The lowest BCUT2D eigenvalue weighted by Crippen LogP contribution is -2.47. The summed E-state index contributed by atoms with van der Waals surface area (Å²) < 4.78 is 10.6. The van der Waals surface area contributed by atoms with E-state index in [1.807, 2.05) is 44.2 Å². The van der Waals surface area contributed by atoms with Crippen molar-refractivity contribution in [3.63, 3.8) is 0 Å². The van der Waals surface area contributed by atoms with E-state index < -0.39 is 18.1 Å². The van der Waals surface area contributed by atoms with Crippen LogP contribution in [0.2, 0.25) is 0 Å². The molecule has 2 rings (SSSR count). The number of esters is 1. The van der Waals surface area contributed by atoms with E-state index in [0.717, 1.165) is 5.56 Å². The zero-order valence-corrected chi connectivity index (χ0v) is 16.3. The summed E-state index contributed by atoms with van der Waals surface area (Å²) in [6, 6.07) is 14.7. The third kappa shape index (κ3) is 6.23. The molecule has 0 saturated heterocycles. The van der Waals surface area contributed by atoms with Gasteiger partial charge in [0.15, 0.2) is 5.78 Å². The Balaban J connectivity index is 1.98. The van der Waals surface area contributed by atoms with Gasteiger partial charge in [0.1, 0.15) is 18.4 Å². The minimum absolute atomic E-state index is 0.0711. The average molecular weight is 383 g/mol. The van der Waals surface area contributed by atoms with Crippen LogP contribution in [0.25, 0.3) is 0 Å². The van der Waals surface area contributed by atoms with Crippen LogP contribution in [-0.2, 0) is 16.1 Å². The van der Waals surface area contributed by atoms with Gasteiger partial charge in [-0.25, -0.2) is 9.59 Å². The van der Waals surface area contributed by atoms with Crippen LogP contribution in [-0.4, -0.2) is 23.9 Å². The van der Waals surface area contributed by atoms with E-state index in [2.05, 4.69) is 5.32 Å². The molecule has 0 radical (unpaired) electrons. The molecular formula is C22H25NO5. The van der Waals surface area contributed by atoms with Gasteiger partial charge in [-0.1, -0.05) is 50.6 Å². The van der Waals surface area contributed by atoms with Crippen molar-refractivity contribution in [2.45, 2.75) is 39.8 Å². The number of amides is 1. The zero-order chi connectivity index (χ0) is 20.5. The van der Waals surface area contributed by atoms with Crippen molar-refractivity contribution in [1.82, 2.24) is 5.32 Å². The fourth-order valence-corrected chi connectivity index (χ4v) is 2.50. The fraction of sp³-hybridized carbons (Fsp3) is 0.318. The minimum Gasteiger partial charge on any atom is -0.445 e. The Morgan fingerprint density at radius 3 is 2.21 bits per heavy atom. The van der Waals surface area contributed by atoms with Gasteiger partial charge >= 0.3 is 12.1 Å². The third-order valence-corrected chi connectivity index (χ3v) is 4.43. The summed E-state index contributed by atoms with van der Waals surface area (Å²) in [6.45, 7) is 5.35. The Morgan fingerprint density at radius 1 is 1.00 bits per heavy atom. The number of Topliss-reactive ketones (excluding diaryl/α,β-unsaturated/α-hetero) is 1. The van der Waals surface area contributed by atoms with Crippen LogP contribution < -0.4 is 10.1 Å². The van der Waals surface area contributed by atoms with Crippen molar-refractivity contribution in [1.29, 1.82) is 0 Å². The number of carbonyl (C=O) groups is 3. The molecule has 0 aliphatic rings. The van der Waals surface area contributed by atoms with Crippen LogP contribution >= 0.6 is 0 Å². The normalized spacial score (nSPS) is 12.5. The number of benzene rings is 2. The lowest BCUT2D eigenvalue weighted by Gasteiger charge is -2.22. The topological polar surface area (TPSA) is 81.7 Å². The first kappa shape index (κ1) is 21.2. The van der Waals surface area contributed by atoms with Crippen LogP contribution in [0, 0.1) is 5.92 Å². The molecule has 0 aromatic heterocycles. The maximum Gasteiger partial charge on any atom is 0.408 e. The van der Waals surface area contributed by atoms with Crippen molar-refractivity contribution in [2.75, 3.05) is 0 Å². The molecule has 2 aromatic rings. The van der Waals surface area contributed by atoms with E-state index in [1.54, 1.807) is 24.3 Å². The lowest BCUT2D eigenvalue weighted by molar-refractivity contribution is -0.138. The number of hydrogen-bond acceptors (Lipinski definition) is 5. The largest absolute Gasteiger partial charge is 0.445 e. The van der Waals surface area contributed by atoms with Gasteiger partial charge in [0.05, 0.1) is 0 Å². The van der Waals surface area contributed by atoms with E-state index in [-0.39, 0.29) is 18.3 Å². The molecule has 6 nitrogen and oxygen atoms in total. The van der Waals surface area contributed by atoms with Crippen molar-refractivity contribution in [2.24, 2.45) is 5.92 Å². The van der Waals surface area contributed by atoms with E-state index >= 15 is 0 Å². The van der Waals surface area contributed by atoms with Gasteiger partial charge in [-0.15, -0.1) is 0 Å². The molecule has 0 saturated carbocycles. The molecule has 0 heterocycles. The van der Waals surface area contributed by atoms with Gasteiger partial charge in [-0.3, -0.25) is 4.79 Å². The van der Waals surface area contributed by atoms with Crippen molar-refractivity contribution >= 4 is 17.8 Å². The second-order valence-corrected chi connectivity index (χ2v) is 6.57. The summed E-state index contributed by atoms with van der Waals surface area (Å²) in [4.78, 5) is 36.1. The highest BCUT2D eigenvalue weighted by molar-refractivity contribution is 5.94. The Bertz CT molecular complexity index is 801. The van der Waals surface area contributed by atoms with Crippen LogP contribution in [0.5, 0.6) is 5.75 Å². The standard InChI is InChI=1S/C22H25NO5/c1-4-15(2)20(23-22(26)27-14-17-8-6-5-7-9-17)21(25)28-19-12-10-18(11-13-19)16(3)24/h5-13,15,20H,4,14H2,1-3H3,(H,23,26)/t15-,20-/m0/s1. The molecule has 2 aromatic carbocycles. The predicted octanol–water partition coefficient (Wildman–Crippen LogP) is 4.14. The average Bonchev–Trinajstić information content (AvgIpc) is 2.71. The number of ether oxygens (including phenoxy) is 2. The SMILES string of the molecule is CC[C@H](C)[C@H](NC(=O)OCc1ccccc1)C(=O)Oc1ccc(C(C)=O)cc1. The van der Waals surface area contributed by atoms with E-state index in [9.17, 15) is 14.4 Å². The summed E-state index contributed by atoms with van der Waals surface area (Å²) in [6.07, 6.45) is -0.0137. The molecule has 6 heteroatoms. The van der Waals surface area contributed by atoms with Crippen molar-refractivity contribution < 1.29 is 23.9 Å². The lowest BCUT2D eigenvalue weighted by atomic mass is 9.99. The van der Waals surface area contributed by atoms with Crippen LogP contribution in [0.1, 0.15) is 43.1 Å². The maximum atomic E-state index is 12.6. The Hall–Kier alpha value is -3.15. The van der Waals surface area contributed by atoms with Crippen LogP contribution in [0.15, 0.2) is 54.6 Å². The van der Waals surface area contributed by atoms with Crippen LogP contribution in [0.3, 0.4) is 0 Å². The first-order valence-corrected chi connectivity index (χ1v) is 9.20. The molecule has 1 amide bonds. The first-order valence-electron chi connectivity index (χ1n) is 9.20. The molecular weight excluding hydrogens is 358 g/mol. The van der Waals surface area contributed by atoms with Crippen LogP contribution in [0.4, 0.5) is 4.79 Å². The second kappa shape index (κ2) is 10.3. The fourth-order valence-electron chi connectivity index (χ4n) is 2.50. The Labute approximate surface area is 164 Å². The number of hydrogen-bond donors (Lipinski definition) is 1. The number of ketones is 1. The van der Waals surface area contributed by atoms with Gasteiger partial charge in [0, 0.05) is 5.56 Å². The van der Waals surface area contributed by atoms with Gasteiger partial charge in [-0.05, 0) is 42.7 Å². The highest BCUT2D eigenvalue weighted by Crippen LogP contribution is 2.16. The first-order chi connectivity index (χ1) is 13.4. The number of alkyl carbamates (subject to hydrolysis) is 1. The molecule has 28 heavy (non-hydrogen) atoms. The molecule has 1 N–H and O–H groups in total. The Morgan fingerprint density at radius 2 is 1.64 bits per heavy atom. The molecule has 0 aliphatic heterocycles. The maximum absolute atomic E-state index is 12.6. The number of nitrogens with one attached hydrogen (secondary N) is 1. The summed E-state index contributed by atoms with van der Waals surface area (Å²) in [5, 5.41) is 2.60. The van der Waals surface area contributed by atoms with Gasteiger partial charge < -0.3 is 14.8 Å². The van der Waals surface area contributed by atoms with Crippen molar-refractivity contribution in [3.05, 3.63) is 65.7 Å². The van der Waals surface area contributed by atoms with Crippen molar-refractivity contribution in [3.8, 4) is 5.75 Å². The molecule has 148 valence electrons. The predicted molar refractivity (Wildman–Crippen MR) is 105 cm³/mol. The molecule has 0 unspecified atom stereocenters. The monoisotopic (exact) mass is 383 g/mol. The van der Waals surface area contributed by atoms with E-state index in [4.69, 9.17) is 9.47 Å². The minimum atomic E-state index is -0.847. The summed E-state index contributed by atoms with van der Waals surface area (Å²) in [5.41, 5.74) is 1.38. The zero-order valence-electron chi connectivity index (χ0n) is 16.3. The Kier molecular flexibility index (Phi) is 7.75. The quantitative estimate of drug-likeness (QED) is 0.421. The molecule has 2 atom stereocenters. The number of rotatable bonds is 8. The van der Waals surface area contributed by atoms with E-state index in [1.165, 1.54) is 6.92 Å². The summed E-state index contributed by atoms with van der Waals surface area (Å²) in [5.74, 6) is -0.490. The highest BCUT2D eigenvalue weighted by Gasteiger charge is 2.28. The summed E-state index contributed by atoms with van der Waals surface area (Å²) >= 11 is 0. The molecule has 0 bridgehead atoms. The summed E-state index contributed by atoms with van der Waals surface area (Å²) in [7, 11) is 0. The number of carbonyl (C=O) groups excluding carboxylic acids is 3. The second-order valence-electron chi connectivity index (χ2n) is 6.57. The molecule has 0 aliphatic carbocycles. The smallest absolute Gasteiger partial charge is 0.408 e. The molecule has 0 spiro atoms. The highest BCUT2D eigenvalue weighted by atomic mass is 16.6. The van der Waals surface area contributed by atoms with Gasteiger partial charge in [0.2, 0.25) is 0 Å².